The Kier molecular flexibility index (Phi) is 4.48. The van der Waals surface area contributed by atoms with Crippen LogP contribution < -0.4 is 5.01 Å². The molecule has 0 unspecified atom stereocenters. The molecule has 2 aromatic rings. The largest absolute Gasteiger partial charge is 0.439 e. The first-order valence-corrected chi connectivity index (χ1v) is 9.84. The summed E-state index contributed by atoms with van der Waals surface area (Å²) in [6, 6.07) is 6.87. The van der Waals surface area contributed by atoms with Gasteiger partial charge in [-0.15, -0.1) is 11.3 Å². The van der Waals surface area contributed by atoms with E-state index in [0.717, 1.165) is 23.3 Å². The van der Waals surface area contributed by atoms with Crippen LogP contribution in [0, 0.1) is 11.8 Å². The summed E-state index contributed by atoms with van der Waals surface area (Å²) >= 11 is 6.90. The van der Waals surface area contributed by atoms with Gasteiger partial charge in [0.25, 0.3) is 5.72 Å². The summed E-state index contributed by atoms with van der Waals surface area (Å²) in [6.45, 7) is 1.90. The molecule has 1 aromatic carbocycles. The second kappa shape index (κ2) is 6.46. The monoisotopic (exact) mass is 415 g/mol. The predicted molar refractivity (Wildman–Crippen MR) is 100.0 cm³/mol. The van der Waals surface area contributed by atoms with Crippen LogP contribution in [-0.4, -0.2) is 27.7 Å². The van der Waals surface area contributed by atoms with E-state index in [4.69, 9.17) is 11.6 Å². The van der Waals surface area contributed by atoms with Crippen molar-refractivity contribution in [1.29, 1.82) is 0 Å². The summed E-state index contributed by atoms with van der Waals surface area (Å²) in [4.78, 5) is 4.31. The quantitative estimate of drug-likeness (QED) is 0.721. The third-order valence-electron chi connectivity index (χ3n) is 5.20. The van der Waals surface area contributed by atoms with Crippen LogP contribution in [0.1, 0.15) is 26.2 Å². The van der Waals surface area contributed by atoms with E-state index in [1.165, 1.54) is 0 Å². The fourth-order valence-electron chi connectivity index (χ4n) is 3.71. The number of hydrogen-bond donors (Lipinski definition) is 1. The number of hydrogen-bond acceptors (Lipinski definition) is 5. The number of anilines is 1. The minimum Gasteiger partial charge on any atom is -0.362 e. The Morgan fingerprint density at radius 3 is 2.67 bits per heavy atom. The van der Waals surface area contributed by atoms with Crippen molar-refractivity contribution in [2.75, 3.05) is 5.01 Å². The summed E-state index contributed by atoms with van der Waals surface area (Å²) in [5.74, 6) is -0.965. The molecule has 3 atom stereocenters. The average Bonchev–Trinajstić information content (AvgIpc) is 3.19. The van der Waals surface area contributed by atoms with E-state index in [9.17, 15) is 18.3 Å². The topological polar surface area (TPSA) is 48.7 Å². The number of halogens is 4. The van der Waals surface area contributed by atoms with Crippen LogP contribution in [0.3, 0.4) is 0 Å². The molecule has 0 radical (unpaired) electrons. The summed E-state index contributed by atoms with van der Waals surface area (Å²) in [5, 5.41) is 17.9. The van der Waals surface area contributed by atoms with Crippen molar-refractivity contribution >= 4 is 33.8 Å². The molecular weight excluding hydrogens is 399 g/mol. The lowest BCUT2D eigenvalue weighted by atomic mass is 9.76. The zero-order chi connectivity index (χ0) is 19.4. The van der Waals surface area contributed by atoms with Crippen molar-refractivity contribution in [3.05, 3.63) is 34.7 Å². The van der Waals surface area contributed by atoms with Crippen LogP contribution in [0.5, 0.6) is 0 Å². The first kappa shape index (κ1) is 18.7. The molecule has 2 heterocycles. The number of rotatable bonds is 2. The Morgan fingerprint density at radius 2 is 2.00 bits per heavy atom. The molecule has 27 heavy (non-hydrogen) atoms. The van der Waals surface area contributed by atoms with Gasteiger partial charge in [0.1, 0.15) is 0 Å². The maximum atomic E-state index is 14.0. The fraction of sp³-hybridized carbons (Fsp3) is 0.444. The number of nitrogens with zero attached hydrogens (tertiary/aromatic N) is 3. The van der Waals surface area contributed by atoms with Crippen molar-refractivity contribution in [2.24, 2.45) is 16.9 Å². The molecule has 1 aliphatic heterocycles. The van der Waals surface area contributed by atoms with Crippen molar-refractivity contribution in [2.45, 2.75) is 38.1 Å². The molecule has 4 rings (SSSR count). The third-order valence-corrected chi connectivity index (χ3v) is 6.27. The summed E-state index contributed by atoms with van der Waals surface area (Å²) in [7, 11) is 0. The highest BCUT2D eigenvalue weighted by atomic mass is 35.5. The number of aromatic nitrogens is 1. The lowest BCUT2D eigenvalue weighted by Crippen LogP contribution is -2.60. The smallest absolute Gasteiger partial charge is 0.362 e. The molecule has 9 heteroatoms. The Morgan fingerprint density at radius 1 is 1.30 bits per heavy atom. The Balaban J connectivity index is 1.74. The standard InChI is InChI=1S/C18H17ClF3N3OS/c1-10-2-7-14-13(8-10)17(26,18(20,21)22)25(24-14)16-23-15(9-27-16)11-3-5-12(19)6-4-11/h3-6,9-10,13,26H,2,7-8H2,1H3/t10-,13-,17+/m1/s1. The van der Waals surface area contributed by atoms with Crippen LogP contribution in [0.2, 0.25) is 5.02 Å². The number of fused-ring (bicyclic) bond motifs is 1. The van der Waals surface area contributed by atoms with Gasteiger partial charge in [-0.05, 0) is 37.3 Å². The van der Waals surface area contributed by atoms with Gasteiger partial charge in [0, 0.05) is 21.7 Å². The van der Waals surface area contributed by atoms with Gasteiger partial charge in [-0.1, -0.05) is 30.7 Å². The number of benzene rings is 1. The molecule has 0 bridgehead atoms. The zero-order valence-electron chi connectivity index (χ0n) is 14.4. The molecule has 0 spiro atoms. The molecule has 1 aromatic heterocycles. The molecule has 0 saturated heterocycles. The first-order valence-electron chi connectivity index (χ1n) is 8.58. The van der Waals surface area contributed by atoms with Gasteiger partial charge in [-0.25, -0.2) is 4.98 Å². The number of alkyl halides is 3. The minimum absolute atomic E-state index is 0.0225. The molecule has 2 aliphatic rings. The normalized spacial score (nSPS) is 28.2. The number of hydrazone groups is 1. The SMILES string of the molecule is C[C@@H]1CCC2=NN(c3nc(-c4ccc(Cl)cc4)cs3)[C@@](O)(C(F)(F)F)[C@@H]2C1. The molecule has 1 N–H and O–H groups in total. The highest BCUT2D eigenvalue weighted by Crippen LogP contribution is 2.51. The van der Waals surface area contributed by atoms with Gasteiger partial charge in [-0.3, -0.25) is 0 Å². The maximum Gasteiger partial charge on any atom is 0.439 e. The van der Waals surface area contributed by atoms with Crippen molar-refractivity contribution in [3.8, 4) is 11.3 Å². The Labute approximate surface area is 163 Å². The molecular formula is C18H17ClF3N3OS. The lowest BCUT2D eigenvalue weighted by Gasteiger charge is -2.39. The molecule has 1 aliphatic carbocycles. The summed E-state index contributed by atoms with van der Waals surface area (Å²) in [5.41, 5.74) is -1.42. The van der Waals surface area contributed by atoms with Gasteiger partial charge in [-0.2, -0.15) is 23.3 Å². The van der Waals surface area contributed by atoms with Gasteiger partial charge < -0.3 is 5.11 Å². The molecule has 4 nitrogen and oxygen atoms in total. The van der Waals surface area contributed by atoms with E-state index in [1.807, 2.05) is 6.92 Å². The van der Waals surface area contributed by atoms with Crippen LogP contribution in [0.15, 0.2) is 34.7 Å². The summed E-state index contributed by atoms with van der Waals surface area (Å²) < 4.78 is 41.9. The van der Waals surface area contributed by atoms with Gasteiger partial charge in [0.05, 0.1) is 11.6 Å². The summed E-state index contributed by atoms with van der Waals surface area (Å²) in [6.07, 6.45) is -3.38. The Bertz CT molecular complexity index is 883. The zero-order valence-corrected chi connectivity index (χ0v) is 15.9. The number of thiazole rings is 1. The van der Waals surface area contributed by atoms with E-state index < -0.39 is 17.8 Å². The maximum absolute atomic E-state index is 14.0. The minimum atomic E-state index is -4.86. The van der Waals surface area contributed by atoms with Gasteiger partial charge >= 0.3 is 6.18 Å². The van der Waals surface area contributed by atoms with E-state index in [1.54, 1.807) is 29.6 Å². The van der Waals surface area contributed by atoms with Crippen molar-refractivity contribution in [3.63, 3.8) is 0 Å². The van der Waals surface area contributed by atoms with Crippen LogP contribution in [0.4, 0.5) is 18.3 Å². The predicted octanol–water partition coefficient (Wildman–Crippen LogP) is 5.33. The van der Waals surface area contributed by atoms with Crippen LogP contribution in [0.25, 0.3) is 11.3 Å². The van der Waals surface area contributed by atoms with Gasteiger partial charge in [0.2, 0.25) is 5.13 Å². The number of aliphatic hydroxyl groups is 1. The molecule has 1 saturated carbocycles. The highest BCUT2D eigenvalue weighted by Gasteiger charge is 2.68. The van der Waals surface area contributed by atoms with Crippen molar-refractivity contribution in [1.82, 2.24) is 4.98 Å². The molecule has 144 valence electrons. The second-order valence-electron chi connectivity index (χ2n) is 7.08. The molecule has 0 amide bonds. The fourth-order valence-corrected chi connectivity index (χ4v) is 4.68. The van der Waals surface area contributed by atoms with E-state index in [2.05, 4.69) is 10.1 Å². The average molecular weight is 416 g/mol. The lowest BCUT2D eigenvalue weighted by molar-refractivity contribution is -0.269. The van der Waals surface area contributed by atoms with Crippen LogP contribution >= 0.6 is 22.9 Å². The van der Waals surface area contributed by atoms with E-state index in [0.29, 0.717) is 27.9 Å². The second-order valence-corrected chi connectivity index (χ2v) is 8.35. The molecule has 1 fully saturated rings. The van der Waals surface area contributed by atoms with Gasteiger partial charge in [0.15, 0.2) is 0 Å². The van der Waals surface area contributed by atoms with Crippen molar-refractivity contribution < 1.29 is 18.3 Å². The Hall–Kier alpha value is -1.64. The third kappa shape index (κ3) is 3.03. The highest BCUT2D eigenvalue weighted by molar-refractivity contribution is 7.14. The van der Waals surface area contributed by atoms with E-state index in [-0.39, 0.29) is 17.5 Å². The first-order chi connectivity index (χ1) is 12.7. The van der Waals surface area contributed by atoms with Crippen LogP contribution in [-0.2, 0) is 0 Å². The van der Waals surface area contributed by atoms with E-state index >= 15 is 0 Å².